The van der Waals surface area contributed by atoms with E-state index in [1.807, 2.05) is 104 Å². The Morgan fingerprint density at radius 3 is 1.12 bits per heavy atom. The molecule has 0 spiro atoms. The van der Waals surface area contributed by atoms with Crippen molar-refractivity contribution >= 4 is 0 Å². The molecule has 1 fully saturated rings. The first-order valence-electron chi connectivity index (χ1n) is 14.4. The zero-order valence-corrected chi connectivity index (χ0v) is 28.5. The minimum atomic E-state index is -0.751. The molecule has 1 aromatic heterocycles. The fourth-order valence-corrected chi connectivity index (χ4v) is 2.63. The number of rotatable bonds is 10. The number of nitrogens with zero attached hydrogens (tertiary/aromatic N) is 3. The third-order valence-electron chi connectivity index (χ3n) is 4.28. The van der Waals surface area contributed by atoms with E-state index in [-0.39, 0.29) is 28.7 Å². The molecule has 0 saturated heterocycles. The van der Waals surface area contributed by atoms with Gasteiger partial charge in [-0.2, -0.15) is 24.4 Å². The van der Waals surface area contributed by atoms with Crippen LogP contribution in [0.4, 0.5) is 0 Å². The maximum absolute atomic E-state index is 5.58. The lowest BCUT2D eigenvalue weighted by Gasteiger charge is -2.37. The lowest BCUT2D eigenvalue weighted by Crippen LogP contribution is -2.42. The molecule has 0 amide bonds. The zero-order chi connectivity index (χ0) is 32.5. The smallest absolute Gasteiger partial charge is 0.325 e. The SMILES string of the molecule is CC(C)(C)OOC1(OOC(C)(C)C)CCCCC1.CC(C)(C)OOc1nnnc(OOC(C)(C)C)c1OOC(C)(C)C. The molecule has 0 radical (unpaired) electrons. The highest BCUT2D eigenvalue weighted by molar-refractivity contribution is 5.39. The van der Waals surface area contributed by atoms with E-state index in [1.54, 1.807) is 0 Å². The van der Waals surface area contributed by atoms with Crippen molar-refractivity contribution in [3.8, 4) is 17.5 Å². The maximum Gasteiger partial charge on any atom is 0.328 e. The minimum Gasteiger partial charge on any atom is -0.325 e. The summed E-state index contributed by atoms with van der Waals surface area (Å²) in [4.78, 5) is 53.4. The predicted octanol–water partition coefficient (Wildman–Crippen LogP) is 7.34. The van der Waals surface area contributed by atoms with Gasteiger partial charge in [0.1, 0.15) is 16.8 Å². The molecule has 42 heavy (non-hydrogen) atoms. The van der Waals surface area contributed by atoms with E-state index in [1.165, 1.54) is 6.42 Å². The molecule has 0 atom stereocenters. The summed E-state index contributed by atoms with van der Waals surface area (Å²) in [6, 6.07) is 0. The summed E-state index contributed by atoms with van der Waals surface area (Å²) in [5, 5.41) is 11.0. The third kappa shape index (κ3) is 17.9. The van der Waals surface area contributed by atoms with Crippen LogP contribution in [0.2, 0.25) is 0 Å². The molecule has 0 N–H and O–H groups in total. The lowest BCUT2D eigenvalue weighted by molar-refractivity contribution is -0.545. The van der Waals surface area contributed by atoms with Gasteiger partial charge in [0.15, 0.2) is 0 Å². The summed E-state index contributed by atoms with van der Waals surface area (Å²) in [5.74, 6) is -1.000. The molecular weight excluding hydrogens is 550 g/mol. The van der Waals surface area contributed by atoms with Gasteiger partial charge in [-0.1, -0.05) is 16.6 Å². The monoisotopic (exact) mass is 605 g/mol. The largest absolute Gasteiger partial charge is 0.328 e. The van der Waals surface area contributed by atoms with Crippen LogP contribution in [-0.4, -0.2) is 49.2 Å². The first-order valence-corrected chi connectivity index (χ1v) is 14.4. The molecule has 13 heteroatoms. The van der Waals surface area contributed by atoms with Crippen LogP contribution >= 0.6 is 0 Å². The normalized spacial score (nSPS) is 16.4. The van der Waals surface area contributed by atoms with Crippen LogP contribution in [0.3, 0.4) is 0 Å². The summed E-state index contributed by atoms with van der Waals surface area (Å²) in [6.07, 6.45) is 4.96. The molecule has 0 aliphatic heterocycles. The van der Waals surface area contributed by atoms with Crippen molar-refractivity contribution in [1.82, 2.24) is 15.4 Å². The van der Waals surface area contributed by atoms with Crippen LogP contribution in [0.5, 0.6) is 17.5 Å². The Balaban J connectivity index is 0.000000437. The van der Waals surface area contributed by atoms with Crippen molar-refractivity contribution in [3.63, 3.8) is 0 Å². The Bertz CT molecular complexity index is 864. The van der Waals surface area contributed by atoms with Crippen LogP contribution in [0.1, 0.15) is 136 Å². The van der Waals surface area contributed by atoms with Crippen molar-refractivity contribution in [3.05, 3.63) is 0 Å². The summed E-state index contributed by atoms with van der Waals surface area (Å²) in [5.41, 5.74) is -2.44. The molecule has 1 aromatic rings. The van der Waals surface area contributed by atoms with Crippen molar-refractivity contribution in [2.24, 2.45) is 0 Å². The summed E-state index contributed by atoms with van der Waals surface area (Å²) in [6.45, 7) is 28.0. The van der Waals surface area contributed by atoms with E-state index in [0.29, 0.717) is 0 Å². The highest BCUT2D eigenvalue weighted by atomic mass is 17.3. The molecule has 1 aliphatic carbocycles. The van der Waals surface area contributed by atoms with E-state index in [0.717, 1.165) is 25.7 Å². The Labute approximate surface area is 251 Å². The Hall–Kier alpha value is -1.87. The number of hydrogen-bond donors (Lipinski definition) is 0. The van der Waals surface area contributed by atoms with E-state index in [4.69, 9.17) is 48.9 Å². The first-order chi connectivity index (χ1) is 18.9. The summed E-state index contributed by atoms with van der Waals surface area (Å²) < 4.78 is 0. The molecule has 0 bridgehead atoms. The van der Waals surface area contributed by atoms with Crippen molar-refractivity contribution in [2.45, 2.75) is 170 Å². The van der Waals surface area contributed by atoms with Crippen LogP contribution < -0.4 is 14.7 Å². The fourth-order valence-electron chi connectivity index (χ4n) is 2.63. The minimum absolute atomic E-state index is 0.0478. The summed E-state index contributed by atoms with van der Waals surface area (Å²) >= 11 is 0. The fraction of sp³-hybridized carbons (Fsp3) is 0.897. The highest BCUT2D eigenvalue weighted by Crippen LogP contribution is 2.36. The average molecular weight is 606 g/mol. The predicted molar refractivity (Wildman–Crippen MR) is 154 cm³/mol. The third-order valence-corrected chi connectivity index (χ3v) is 4.28. The number of hydrogen-bond acceptors (Lipinski definition) is 13. The van der Waals surface area contributed by atoms with Gasteiger partial charge in [-0.3, -0.25) is 0 Å². The van der Waals surface area contributed by atoms with Gasteiger partial charge in [-0.15, -0.1) is 0 Å². The Morgan fingerprint density at radius 1 is 0.452 bits per heavy atom. The molecule has 13 nitrogen and oxygen atoms in total. The van der Waals surface area contributed by atoms with Gasteiger partial charge in [0.05, 0.1) is 11.2 Å². The molecule has 1 saturated carbocycles. The van der Waals surface area contributed by atoms with Gasteiger partial charge in [-0.05, 0) is 122 Å². The molecule has 0 aromatic carbocycles. The van der Waals surface area contributed by atoms with Gasteiger partial charge in [0.25, 0.3) is 5.75 Å². The second-order valence-corrected chi connectivity index (χ2v) is 15.1. The van der Waals surface area contributed by atoms with Crippen molar-refractivity contribution < 1.29 is 48.9 Å². The van der Waals surface area contributed by atoms with Gasteiger partial charge in [0.2, 0.25) is 5.79 Å². The molecule has 2 rings (SSSR count). The van der Waals surface area contributed by atoms with Crippen LogP contribution in [-0.2, 0) is 34.2 Å². The number of aromatic nitrogens is 3. The quantitative estimate of drug-likeness (QED) is 0.150. The topological polar surface area (TPSA) is 131 Å². The zero-order valence-electron chi connectivity index (χ0n) is 28.5. The lowest BCUT2D eigenvalue weighted by atomic mass is 9.94. The van der Waals surface area contributed by atoms with Gasteiger partial charge in [0, 0.05) is 12.8 Å². The van der Waals surface area contributed by atoms with Crippen molar-refractivity contribution in [1.29, 1.82) is 0 Å². The van der Waals surface area contributed by atoms with Crippen LogP contribution in [0, 0.1) is 0 Å². The average Bonchev–Trinajstić information content (AvgIpc) is 2.82. The van der Waals surface area contributed by atoms with Gasteiger partial charge < -0.3 is 14.7 Å². The molecule has 246 valence electrons. The molecule has 1 aliphatic rings. The molecule has 0 unspecified atom stereocenters. The maximum atomic E-state index is 5.58. The van der Waals surface area contributed by atoms with E-state index in [2.05, 4.69) is 15.4 Å². The van der Waals surface area contributed by atoms with Crippen molar-refractivity contribution in [2.75, 3.05) is 0 Å². The van der Waals surface area contributed by atoms with Gasteiger partial charge >= 0.3 is 11.8 Å². The van der Waals surface area contributed by atoms with Gasteiger partial charge in [-0.25, -0.2) is 9.78 Å². The van der Waals surface area contributed by atoms with E-state index < -0.39 is 22.6 Å². The molecular formula is C29H55N3O10. The van der Waals surface area contributed by atoms with E-state index >= 15 is 0 Å². The molecule has 1 heterocycles. The first kappa shape index (κ1) is 38.2. The van der Waals surface area contributed by atoms with Crippen LogP contribution in [0.25, 0.3) is 0 Å². The van der Waals surface area contributed by atoms with Crippen LogP contribution in [0.15, 0.2) is 0 Å². The Morgan fingerprint density at radius 2 is 0.786 bits per heavy atom. The standard InChI is InChI=1S/C15H27N3O6.C14H28O4/c1-13(2,3)22-19-10-11(20-23-14(4,5)6)16-18-17-12(10)21-24-15(7,8)9;1-12(2,3)15-17-14(10-8-7-9-11-14)18-16-13(4,5)6/h1-9H3;7-11H2,1-6H3. The Kier molecular flexibility index (Phi) is 13.8. The highest BCUT2D eigenvalue weighted by Gasteiger charge is 2.40. The second kappa shape index (κ2) is 15.2. The summed E-state index contributed by atoms with van der Waals surface area (Å²) in [7, 11) is 0. The second-order valence-electron chi connectivity index (χ2n) is 15.1. The van der Waals surface area contributed by atoms with E-state index in [9.17, 15) is 0 Å².